The molecule has 0 aromatic carbocycles. The lowest BCUT2D eigenvalue weighted by Crippen LogP contribution is -2.27. The Morgan fingerprint density at radius 1 is 1.61 bits per heavy atom. The first-order chi connectivity index (χ1) is 8.72. The number of thioether (sulfide) groups is 1. The van der Waals surface area contributed by atoms with Gasteiger partial charge in [-0.1, -0.05) is 0 Å². The highest BCUT2D eigenvalue weighted by Crippen LogP contribution is 2.26. The second-order valence-corrected chi connectivity index (χ2v) is 6.34. The van der Waals surface area contributed by atoms with Crippen molar-refractivity contribution in [2.24, 2.45) is 10.9 Å². The van der Waals surface area contributed by atoms with Crippen LogP contribution in [0.3, 0.4) is 0 Å². The third-order valence-electron chi connectivity index (χ3n) is 2.96. The summed E-state index contributed by atoms with van der Waals surface area (Å²) in [6, 6.07) is 2.09. The molecule has 98 valence electrons. The number of carbonyl (C=O) groups is 1. The molecular weight excluding hydrogens is 266 g/mol. The van der Waals surface area contributed by atoms with E-state index >= 15 is 0 Å². The van der Waals surface area contributed by atoms with Crippen molar-refractivity contribution in [2.45, 2.75) is 19.8 Å². The topological polar surface area (TPSA) is 38.7 Å². The number of rotatable bonds is 4. The fourth-order valence-corrected chi connectivity index (χ4v) is 3.90. The SMILES string of the molecule is COC(=O)C(Cc1sccc1C)C1=NCCCS1. The Morgan fingerprint density at radius 2 is 2.44 bits per heavy atom. The van der Waals surface area contributed by atoms with Crippen LogP contribution >= 0.6 is 23.1 Å². The Morgan fingerprint density at radius 3 is 3.00 bits per heavy atom. The Balaban J connectivity index is 2.17. The number of methoxy groups -OCH3 is 1. The molecule has 1 unspecified atom stereocenters. The lowest BCUT2D eigenvalue weighted by atomic mass is 10.0. The predicted octanol–water partition coefficient (Wildman–Crippen LogP) is 2.92. The Kier molecular flexibility index (Phi) is 4.83. The minimum atomic E-state index is -0.224. The van der Waals surface area contributed by atoms with Crippen molar-refractivity contribution >= 4 is 34.1 Å². The van der Waals surface area contributed by atoms with Crippen molar-refractivity contribution in [1.29, 1.82) is 0 Å². The van der Waals surface area contributed by atoms with E-state index in [1.165, 1.54) is 17.6 Å². The largest absolute Gasteiger partial charge is 0.468 e. The van der Waals surface area contributed by atoms with E-state index < -0.39 is 0 Å². The van der Waals surface area contributed by atoms with Crippen LogP contribution in [-0.4, -0.2) is 30.4 Å². The lowest BCUT2D eigenvalue weighted by molar-refractivity contribution is -0.142. The van der Waals surface area contributed by atoms with E-state index in [2.05, 4.69) is 23.4 Å². The molecule has 2 rings (SSSR count). The quantitative estimate of drug-likeness (QED) is 0.798. The predicted molar refractivity (Wildman–Crippen MR) is 77.6 cm³/mol. The van der Waals surface area contributed by atoms with E-state index in [0.717, 1.165) is 23.8 Å². The first-order valence-corrected chi connectivity index (χ1v) is 7.87. The van der Waals surface area contributed by atoms with Gasteiger partial charge in [-0.05, 0) is 30.4 Å². The van der Waals surface area contributed by atoms with Crippen molar-refractivity contribution in [3.8, 4) is 0 Å². The molecule has 0 fully saturated rings. The molecule has 1 aliphatic heterocycles. The molecule has 0 aliphatic carbocycles. The maximum atomic E-state index is 11.9. The normalized spacial score (nSPS) is 17.1. The molecule has 0 saturated heterocycles. The van der Waals surface area contributed by atoms with Gasteiger partial charge in [0.05, 0.1) is 12.2 Å². The fraction of sp³-hybridized carbons (Fsp3) is 0.538. The number of aliphatic imine (C=N–C) groups is 1. The zero-order chi connectivity index (χ0) is 13.0. The van der Waals surface area contributed by atoms with E-state index in [0.29, 0.717) is 6.42 Å². The molecule has 0 spiro atoms. The van der Waals surface area contributed by atoms with Gasteiger partial charge in [-0.2, -0.15) is 0 Å². The molecule has 1 atom stereocenters. The van der Waals surface area contributed by atoms with E-state index in [9.17, 15) is 4.79 Å². The van der Waals surface area contributed by atoms with E-state index in [4.69, 9.17) is 4.74 Å². The molecule has 5 heteroatoms. The number of carbonyl (C=O) groups excluding carboxylic acids is 1. The first kappa shape index (κ1) is 13.6. The van der Waals surface area contributed by atoms with Gasteiger partial charge in [-0.25, -0.2) is 0 Å². The minimum Gasteiger partial charge on any atom is -0.468 e. The van der Waals surface area contributed by atoms with E-state index in [1.807, 2.05) is 0 Å². The van der Waals surface area contributed by atoms with Crippen LogP contribution in [0.25, 0.3) is 0 Å². The van der Waals surface area contributed by atoms with Crippen molar-refractivity contribution in [1.82, 2.24) is 0 Å². The van der Waals surface area contributed by atoms with Gasteiger partial charge in [0.2, 0.25) is 0 Å². The van der Waals surface area contributed by atoms with Gasteiger partial charge in [-0.3, -0.25) is 9.79 Å². The summed E-state index contributed by atoms with van der Waals surface area (Å²) in [5, 5.41) is 3.01. The summed E-state index contributed by atoms with van der Waals surface area (Å²) < 4.78 is 4.93. The van der Waals surface area contributed by atoms with E-state index in [-0.39, 0.29) is 11.9 Å². The average molecular weight is 283 g/mol. The van der Waals surface area contributed by atoms with Crippen LogP contribution < -0.4 is 0 Å². The molecule has 1 aromatic heterocycles. The van der Waals surface area contributed by atoms with Crippen LogP contribution in [0, 0.1) is 12.8 Å². The maximum Gasteiger partial charge on any atom is 0.315 e. The number of esters is 1. The van der Waals surface area contributed by atoms with Crippen molar-refractivity contribution in [3.05, 3.63) is 21.9 Å². The highest BCUT2D eigenvalue weighted by atomic mass is 32.2. The summed E-state index contributed by atoms with van der Waals surface area (Å²) in [6.45, 7) is 2.91. The second kappa shape index (κ2) is 6.38. The molecule has 0 bridgehead atoms. The van der Waals surface area contributed by atoms with Gasteiger partial charge < -0.3 is 4.74 Å². The Labute approximate surface area is 116 Å². The van der Waals surface area contributed by atoms with Crippen LogP contribution in [-0.2, 0) is 16.0 Å². The molecule has 0 saturated carbocycles. The van der Waals surface area contributed by atoms with Crippen LogP contribution in [0.5, 0.6) is 0 Å². The van der Waals surface area contributed by atoms with Gasteiger partial charge in [0.1, 0.15) is 5.92 Å². The van der Waals surface area contributed by atoms with E-state index in [1.54, 1.807) is 23.1 Å². The summed E-state index contributed by atoms with van der Waals surface area (Å²) >= 11 is 3.39. The third kappa shape index (κ3) is 3.14. The van der Waals surface area contributed by atoms with Gasteiger partial charge in [0, 0.05) is 23.6 Å². The minimum absolute atomic E-state index is 0.170. The number of nitrogens with zero attached hydrogens (tertiary/aromatic N) is 1. The molecule has 3 nitrogen and oxygen atoms in total. The van der Waals surface area contributed by atoms with Crippen LogP contribution in [0.1, 0.15) is 16.9 Å². The molecule has 18 heavy (non-hydrogen) atoms. The van der Waals surface area contributed by atoms with Crippen LogP contribution in [0.15, 0.2) is 16.4 Å². The van der Waals surface area contributed by atoms with Gasteiger partial charge in [-0.15, -0.1) is 23.1 Å². The third-order valence-corrected chi connectivity index (χ3v) is 5.21. The van der Waals surface area contributed by atoms with Crippen molar-refractivity contribution in [3.63, 3.8) is 0 Å². The highest BCUT2D eigenvalue weighted by Gasteiger charge is 2.28. The zero-order valence-corrected chi connectivity index (χ0v) is 12.3. The standard InChI is InChI=1S/C13H17NO2S2/c1-9-4-7-17-11(9)8-10(13(15)16-2)12-14-5-3-6-18-12/h4,7,10H,3,5-6,8H2,1-2H3. The number of thiophene rings is 1. The molecule has 2 heterocycles. The second-order valence-electron chi connectivity index (χ2n) is 4.23. The smallest absolute Gasteiger partial charge is 0.315 e. The Bertz CT molecular complexity index is 454. The molecule has 0 N–H and O–H groups in total. The number of hydrogen-bond acceptors (Lipinski definition) is 5. The summed E-state index contributed by atoms with van der Waals surface area (Å²) in [6.07, 6.45) is 1.81. The molecule has 1 aliphatic rings. The molecule has 1 aromatic rings. The summed E-state index contributed by atoms with van der Waals surface area (Å²) in [7, 11) is 1.45. The van der Waals surface area contributed by atoms with Gasteiger partial charge >= 0.3 is 5.97 Å². The number of hydrogen-bond donors (Lipinski definition) is 0. The molecular formula is C13H17NO2S2. The van der Waals surface area contributed by atoms with Crippen LogP contribution in [0.4, 0.5) is 0 Å². The molecule has 0 radical (unpaired) electrons. The van der Waals surface area contributed by atoms with Gasteiger partial charge in [0.15, 0.2) is 0 Å². The van der Waals surface area contributed by atoms with Crippen LogP contribution in [0.2, 0.25) is 0 Å². The first-order valence-electron chi connectivity index (χ1n) is 6.00. The lowest BCUT2D eigenvalue weighted by Gasteiger charge is -2.19. The zero-order valence-electron chi connectivity index (χ0n) is 10.6. The average Bonchev–Trinajstić information content (AvgIpc) is 2.81. The van der Waals surface area contributed by atoms with Crippen molar-refractivity contribution in [2.75, 3.05) is 19.4 Å². The summed E-state index contributed by atoms with van der Waals surface area (Å²) in [4.78, 5) is 17.7. The number of ether oxygens (including phenoxy) is 1. The van der Waals surface area contributed by atoms with Gasteiger partial charge in [0.25, 0.3) is 0 Å². The Hall–Kier alpha value is -0.810. The summed E-state index contributed by atoms with van der Waals surface area (Å²) in [5.74, 6) is 0.657. The monoisotopic (exact) mass is 283 g/mol. The van der Waals surface area contributed by atoms with Crippen molar-refractivity contribution < 1.29 is 9.53 Å². The summed E-state index contributed by atoms with van der Waals surface area (Å²) in [5.41, 5.74) is 1.25. The number of aryl methyl sites for hydroxylation is 1. The molecule has 0 amide bonds. The highest BCUT2D eigenvalue weighted by molar-refractivity contribution is 8.14. The maximum absolute atomic E-state index is 11.9. The fourth-order valence-electron chi connectivity index (χ4n) is 1.90.